The minimum Gasteiger partial charge on any atom is -0.328 e. The Balaban J connectivity index is 1.63. The number of rotatable bonds is 4. The highest BCUT2D eigenvalue weighted by molar-refractivity contribution is 5.99. The van der Waals surface area contributed by atoms with E-state index in [-0.39, 0.29) is 11.9 Å². The predicted molar refractivity (Wildman–Crippen MR) is 94.1 cm³/mol. The third kappa shape index (κ3) is 4.00. The molecule has 3 aromatic rings. The zero-order chi connectivity index (χ0) is 17.8. The first-order valence-electron chi connectivity index (χ1n) is 7.82. The van der Waals surface area contributed by atoms with Crippen LogP contribution in [0.2, 0.25) is 0 Å². The molecule has 0 saturated heterocycles. The number of carbonyl (C=O) groups is 1. The number of amides is 2. The van der Waals surface area contributed by atoms with E-state index in [1.165, 1.54) is 12.1 Å². The van der Waals surface area contributed by atoms with E-state index in [1.54, 1.807) is 6.20 Å². The van der Waals surface area contributed by atoms with Crippen molar-refractivity contribution in [3.63, 3.8) is 0 Å². The smallest absolute Gasteiger partial charge is 0.324 e. The summed E-state index contributed by atoms with van der Waals surface area (Å²) >= 11 is 0. The van der Waals surface area contributed by atoms with Crippen LogP contribution in [0.1, 0.15) is 24.4 Å². The molecule has 0 aliphatic rings. The van der Waals surface area contributed by atoms with Gasteiger partial charge in [-0.25, -0.2) is 19.2 Å². The van der Waals surface area contributed by atoms with Gasteiger partial charge < -0.3 is 9.88 Å². The Kier molecular flexibility index (Phi) is 4.74. The van der Waals surface area contributed by atoms with Crippen molar-refractivity contribution in [3.05, 3.63) is 72.2 Å². The van der Waals surface area contributed by atoms with Crippen LogP contribution in [0, 0.1) is 12.7 Å². The van der Waals surface area contributed by atoms with Gasteiger partial charge in [-0.05, 0) is 43.7 Å². The highest BCUT2D eigenvalue weighted by atomic mass is 19.1. The molecular formula is C18H18FN5O. The Morgan fingerprint density at radius 1 is 1.12 bits per heavy atom. The molecule has 1 aromatic carbocycles. The summed E-state index contributed by atoms with van der Waals surface area (Å²) in [7, 11) is 0. The second-order valence-corrected chi connectivity index (χ2v) is 5.62. The Hall–Kier alpha value is -3.22. The quantitative estimate of drug-likeness (QED) is 0.755. The van der Waals surface area contributed by atoms with Crippen LogP contribution in [-0.4, -0.2) is 20.6 Å². The lowest BCUT2D eigenvalue weighted by Gasteiger charge is -2.16. The Labute approximate surface area is 144 Å². The van der Waals surface area contributed by atoms with Gasteiger partial charge in [0.2, 0.25) is 0 Å². The van der Waals surface area contributed by atoms with Crippen LogP contribution in [0.5, 0.6) is 0 Å². The molecular weight excluding hydrogens is 321 g/mol. The number of nitrogens with zero attached hydrogens (tertiary/aromatic N) is 3. The highest BCUT2D eigenvalue weighted by Gasteiger charge is 2.10. The number of imidazole rings is 1. The summed E-state index contributed by atoms with van der Waals surface area (Å²) in [5, 5.41) is 5.26. The molecule has 1 atom stereocenters. The maximum absolute atomic E-state index is 12.8. The number of aromatic nitrogens is 3. The minimum absolute atomic E-state index is 0.147. The lowest BCUT2D eigenvalue weighted by atomic mass is 10.1. The summed E-state index contributed by atoms with van der Waals surface area (Å²) in [5.41, 5.74) is 1.75. The lowest BCUT2D eigenvalue weighted by molar-refractivity contribution is 0.262. The van der Waals surface area contributed by atoms with Crippen molar-refractivity contribution in [1.82, 2.24) is 14.5 Å². The molecule has 3 rings (SSSR count). The number of benzene rings is 1. The van der Waals surface area contributed by atoms with Gasteiger partial charge in [0.05, 0.1) is 12.2 Å². The fraction of sp³-hybridized carbons (Fsp3) is 0.167. The van der Waals surface area contributed by atoms with Gasteiger partial charge in [0.15, 0.2) is 0 Å². The first-order valence-corrected chi connectivity index (χ1v) is 7.82. The Morgan fingerprint density at radius 2 is 1.88 bits per heavy atom. The van der Waals surface area contributed by atoms with Crippen molar-refractivity contribution in [2.45, 2.75) is 19.9 Å². The normalized spacial score (nSPS) is 11.8. The third-order valence-electron chi connectivity index (χ3n) is 3.90. The fourth-order valence-electron chi connectivity index (χ4n) is 2.53. The van der Waals surface area contributed by atoms with Gasteiger partial charge in [0, 0.05) is 18.1 Å². The number of nitrogens with one attached hydrogen (secondary N) is 2. The van der Waals surface area contributed by atoms with E-state index in [4.69, 9.17) is 0 Å². The number of carbonyl (C=O) groups excluding carboxylic acids is 1. The van der Waals surface area contributed by atoms with Gasteiger partial charge in [0.25, 0.3) is 0 Å². The number of hydrogen-bond donors (Lipinski definition) is 2. The summed E-state index contributed by atoms with van der Waals surface area (Å²) in [6, 6.07) is 9.90. The van der Waals surface area contributed by atoms with Crippen LogP contribution < -0.4 is 10.6 Å². The predicted octanol–water partition coefficient (Wildman–Crippen LogP) is 3.98. The summed E-state index contributed by atoms with van der Waals surface area (Å²) in [5.74, 6) is 0.768. The van der Waals surface area contributed by atoms with E-state index in [0.717, 1.165) is 17.6 Å². The van der Waals surface area contributed by atoms with Crippen LogP contribution in [0.3, 0.4) is 0 Å². The largest absolute Gasteiger partial charge is 0.328 e. The zero-order valence-corrected chi connectivity index (χ0v) is 13.9. The average Bonchev–Trinajstić information content (AvgIpc) is 3.03. The summed E-state index contributed by atoms with van der Waals surface area (Å²) in [6.07, 6.45) is 4.76. The van der Waals surface area contributed by atoms with Crippen LogP contribution >= 0.6 is 0 Å². The molecule has 0 aliphatic carbocycles. The summed E-state index contributed by atoms with van der Waals surface area (Å²) in [6.45, 7) is 4.05. The maximum atomic E-state index is 12.8. The number of aryl methyl sites for hydroxylation is 1. The number of pyridine rings is 1. The van der Waals surface area contributed by atoms with E-state index in [0.29, 0.717) is 5.69 Å². The molecule has 0 aliphatic heterocycles. The van der Waals surface area contributed by atoms with Gasteiger partial charge in [-0.2, -0.15) is 0 Å². The number of anilines is 2. The first kappa shape index (κ1) is 16.6. The second-order valence-electron chi connectivity index (χ2n) is 5.62. The van der Waals surface area contributed by atoms with Gasteiger partial charge in [-0.1, -0.05) is 12.1 Å². The van der Waals surface area contributed by atoms with Crippen LogP contribution in [0.15, 0.2) is 55.0 Å². The second kappa shape index (κ2) is 7.12. The SMILES string of the molecule is Cc1nccn1[C@@H](C)c1ccc(NC(=O)Nc2ccc(F)cn2)cc1. The minimum atomic E-state index is -0.455. The number of halogens is 1. The molecule has 25 heavy (non-hydrogen) atoms. The van der Waals surface area contributed by atoms with Gasteiger partial charge in [-0.3, -0.25) is 5.32 Å². The van der Waals surface area contributed by atoms with E-state index >= 15 is 0 Å². The van der Waals surface area contributed by atoms with Crippen LogP contribution in [-0.2, 0) is 0 Å². The zero-order valence-electron chi connectivity index (χ0n) is 13.9. The summed E-state index contributed by atoms with van der Waals surface area (Å²) < 4.78 is 14.9. The average molecular weight is 339 g/mol. The van der Waals surface area contributed by atoms with E-state index in [9.17, 15) is 9.18 Å². The van der Waals surface area contributed by atoms with Crippen molar-refractivity contribution in [1.29, 1.82) is 0 Å². The van der Waals surface area contributed by atoms with Crippen LogP contribution in [0.4, 0.5) is 20.7 Å². The fourth-order valence-corrected chi connectivity index (χ4v) is 2.53. The molecule has 7 heteroatoms. The topological polar surface area (TPSA) is 71.8 Å². The Bertz CT molecular complexity index is 858. The summed E-state index contributed by atoms with van der Waals surface area (Å²) in [4.78, 5) is 20.0. The molecule has 0 spiro atoms. The van der Waals surface area contributed by atoms with Gasteiger partial charge >= 0.3 is 6.03 Å². The van der Waals surface area contributed by atoms with E-state index < -0.39 is 11.8 Å². The van der Waals surface area contributed by atoms with Crippen molar-refractivity contribution in [2.75, 3.05) is 10.6 Å². The standard InChI is InChI=1S/C18H18FN5O/c1-12(24-10-9-20-13(24)2)14-3-6-16(7-4-14)22-18(25)23-17-8-5-15(19)11-21-17/h3-12H,1-2H3,(H2,21,22,23,25)/t12-/m0/s1. The van der Waals surface area contributed by atoms with Crippen molar-refractivity contribution < 1.29 is 9.18 Å². The molecule has 0 radical (unpaired) electrons. The molecule has 2 heterocycles. The first-order chi connectivity index (χ1) is 12.0. The third-order valence-corrected chi connectivity index (χ3v) is 3.90. The van der Waals surface area contributed by atoms with Crippen molar-refractivity contribution >= 4 is 17.5 Å². The molecule has 128 valence electrons. The molecule has 6 nitrogen and oxygen atoms in total. The molecule has 2 aromatic heterocycles. The molecule has 2 N–H and O–H groups in total. The maximum Gasteiger partial charge on any atom is 0.324 e. The monoisotopic (exact) mass is 339 g/mol. The Morgan fingerprint density at radius 3 is 2.48 bits per heavy atom. The van der Waals surface area contributed by atoms with Crippen molar-refractivity contribution in [3.8, 4) is 0 Å². The molecule has 0 unspecified atom stereocenters. The number of urea groups is 1. The molecule has 2 amide bonds. The molecule has 0 bridgehead atoms. The van der Waals surface area contributed by atoms with Crippen LogP contribution in [0.25, 0.3) is 0 Å². The van der Waals surface area contributed by atoms with Gasteiger partial charge in [-0.15, -0.1) is 0 Å². The van der Waals surface area contributed by atoms with E-state index in [2.05, 4.69) is 32.1 Å². The molecule has 0 saturated carbocycles. The highest BCUT2D eigenvalue weighted by Crippen LogP contribution is 2.21. The van der Waals surface area contributed by atoms with E-state index in [1.807, 2.05) is 37.4 Å². The lowest BCUT2D eigenvalue weighted by Crippen LogP contribution is -2.20. The van der Waals surface area contributed by atoms with Crippen molar-refractivity contribution in [2.24, 2.45) is 0 Å². The van der Waals surface area contributed by atoms with Gasteiger partial charge in [0.1, 0.15) is 17.5 Å². The number of hydrogen-bond acceptors (Lipinski definition) is 3. The molecule has 0 fully saturated rings.